The van der Waals surface area contributed by atoms with Crippen molar-refractivity contribution in [3.8, 4) is 0 Å². The van der Waals surface area contributed by atoms with Crippen LogP contribution in [0.2, 0.25) is 0 Å². The van der Waals surface area contributed by atoms with Crippen molar-refractivity contribution in [2.24, 2.45) is 0 Å². The summed E-state index contributed by atoms with van der Waals surface area (Å²) in [6, 6.07) is 9.92. The summed E-state index contributed by atoms with van der Waals surface area (Å²) in [5.41, 5.74) is 1.09. The summed E-state index contributed by atoms with van der Waals surface area (Å²) in [5.74, 6) is 0.280. The van der Waals surface area contributed by atoms with E-state index in [4.69, 9.17) is 4.74 Å². The van der Waals surface area contributed by atoms with E-state index in [2.05, 4.69) is 18.7 Å². The zero-order valence-electron chi connectivity index (χ0n) is 11.1. The topological polar surface area (TPSA) is 29.5 Å². The molecule has 1 saturated heterocycles. The minimum atomic E-state index is 0.221. The Morgan fingerprint density at radius 1 is 1.22 bits per heavy atom. The van der Waals surface area contributed by atoms with Gasteiger partial charge in [-0.15, -0.1) is 0 Å². The summed E-state index contributed by atoms with van der Waals surface area (Å²) < 4.78 is 5.66. The number of nitrogens with zero attached hydrogens (tertiary/aromatic N) is 1. The zero-order valence-corrected chi connectivity index (χ0v) is 11.1. The van der Waals surface area contributed by atoms with Crippen LogP contribution in [-0.4, -0.2) is 42.5 Å². The number of Topliss-reactive ketones (excluding diaryl/α,β-unsaturated/α-hetero) is 1. The highest BCUT2D eigenvalue weighted by Crippen LogP contribution is 2.11. The number of morpholine rings is 1. The molecule has 98 valence electrons. The van der Waals surface area contributed by atoms with Gasteiger partial charge in [-0.05, 0) is 19.4 Å². The second-order valence-corrected chi connectivity index (χ2v) is 5.15. The molecule has 1 aliphatic rings. The van der Waals surface area contributed by atoms with Crippen molar-refractivity contribution in [3.63, 3.8) is 0 Å². The molecular weight excluding hydrogens is 226 g/mol. The third kappa shape index (κ3) is 3.93. The van der Waals surface area contributed by atoms with Gasteiger partial charge in [0.1, 0.15) is 0 Å². The monoisotopic (exact) mass is 247 g/mol. The Morgan fingerprint density at radius 3 is 2.44 bits per heavy atom. The van der Waals surface area contributed by atoms with Crippen molar-refractivity contribution in [1.82, 2.24) is 4.90 Å². The third-order valence-electron chi connectivity index (χ3n) is 3.14. The Bertz CT molecular complexity index is 381. The Hall–Kier alpha value is -1.19. The van der Waals surface area contributed by atoms with Gasteiger partial charge in [0.15, 0.2) is 5.78 Å². The van der Waals surface area contributed by atoms with Gasteiger partial charge < -0.3 is 4.74 Å². The number of carbonyl (C=O) groups excluding carboxylic acids is 1. The van der Waals surface area contributed by atoms with Gasteiger partial charge >= 0.3 is 0 Å². The molecule has 0 aromatic heterocycles. The van der Waals surface area contributed by atoms with Crippen LogP contribution in [0.1, 0.15) is 19.4 Å². The molecule has 2 rings (SSSR count). The Labute approximate surface area is 109 Å². The minimum Gasteiger partial charge on any atom is -0.373 e. The molecule has 0 radical (unpaired) electrons. The molecule has 2 unspecified atom stereocenters. The molecule has 1 aliphatic heterocycles. The summed E-state index contributed by atoms with van der Waals surface area (Å²) >= 11 is 0. The first-order chi connectivity index (χ1) is 8.63. The number of ketones is 1. The van der Waals surface area contributed by atoms with Crippen LogP contribution in [0, 0.1) is 0 Å². The number of carbonyl (C=O) groups is 1. The van der Waals surface area contributed by atoms with Crippen LogP contribution < -0.4 is 0 Å². The first-order valence-corrected chi connectivity index (χ1v) is 6.57. The first-order valence-electron chi connectivity index (χ1n) is 6.57. The lowest BCUT2D eigenvalue weighted by Gasteiger charge is -2.34. The van der Waals surface area contributed by atoms with Crippen molar-refractivity contribution in [1.29, 1.82) is 0 Å². The average Bonchev–Trinajstić information content (AvgIpc) is 2.28. The van der Waals surface area contributed by atoms with E-state index in [0.717, 1.165) is 18.7 Å². The average molecular weight is 247 g/mol. The maximum atomic E-state index is 12.0. The van der Waals surface area contributed by atoms with Crippen molar-refractivity contribution in [3.05, 3.63) is 35.9 Å². The quantitative estimate of drug-likeness (QED) is 0.814. The standard InChI is InChI=1S/C15H21NO2/c1-12-9-16(10-13(2)18-12)11-15(17)8-14-6-4-3-5-7-14/h3-7,12-13H,8-11H2,1-2H3. The number of benzene rings is 1. The molecule has 0 spiro atoms. The van der Waals surface area contributed by atoms with Gasteiger partial charge in [-0.1, -0.05) is 30.3 Å². The first kappa shape index (κ1) is 13.2. The molecule has 0 bridgehead atoms. The minimum absolute atomic E-state index is 0.221. The SMILES string of the molecule is CC1CN(CC(=O)Cc2ccccc2)CC(C)O1. The molecule has 18 heavy (non-hydrogen) atoms. The molecule has 2 atom stereocenters. The Balaban J connectivity index is 1.84. The van der Waals surface area contributed by atoms with Gasteiger partial charge in [0, 0.05) is 19.5 Å². The largest absolute Gasteiger partial charge is 0.373 e. The predicted octanol–water partition coefficient (Wildman–Crippen LogP) is 1.91. The highest BCUT2D eigenvalue weighted by Gasteiger charge is 2.23. The van der Waals surface area contributed by atoms with Gasteiger partial charge in [0.2, 0.25) is 0 Å². The van der Waals surface area contributed by atoms with Crippen LogP contribution >= 0.6 is 0 Å². The molecule has 3 heteroatoms. The zero-order chi connectivity index (χ0) is 13.0. The molecule has 3 nitrogen and oxygen atoms in total. The fourth-order valence-corrected chi connectivity index (χ4v) is 2.54. The van der Waals surface area contributed by atoms with E-state index in [1.54, 1.807) is 0 Å². The predicted molar refractivity (Wildman–Crippen MR) is 71.6 cm³/mol. The lowest BCUT2D eigenvalue weighted by Crippen LogP contribution is -2.47. The molecule has 1 heterocycles. The van der Waals surface area contributed by atoms with Gasteiger partial charge in [-0.25, -0.2) is 0 Å². The van der Waals surface area contributed by atoms with Gasteiger partial charge in [0.05, 0.1) is 18.8 Å². The van der Waals surface area contributed by atoms with E-state index in [9.17, 15) is 4.79 Å². The van der Waals surface area contributed by atoms with Crippen molar-refractivity contribution >= 4 is 5.78 Å². The second kappa shape index (κ2) is 6.12. The maximum absolute atomic E-state index is 12.0. The lowest BCUT2D eigenvalue weighted by atomic mass is 10.1. The molecular formula is C15H21NO2. The van der Waals surface area contributed by atoms with Crippen molar-refractivity contribution in [2.45, 2.75) is 32.5 Å². The highest BCUT2D eigenvalue weighted by atomic mass is 16.5. The van der Waals surface area contributed by atoms with Gasteiger partial charge in [-0.2, -0.15) is 0 Å². The second-order valence-electron chi connectivity index (χ2n) is 5.15. The van der Waals surface area contributed by atoms with Crippen LogP contribution in [0.25, 0.3) is 0 Å². The molecule has 0 N–H and O–H groups in total. The summed E-state index contributed by atoms with van der Waals surface area (Å²) in [6.07, 6.45) is 0.970. The lowest BCUT2D eigenvalue weighted by molar-refractivity contribution is -0.123. The van der Waals surface area contributed by atoms with Gasteiger partial charge in [0.25, 0.3) is 0 Å². The fourth-order valence-electron chi connectivity index (χ4n) is 2.54. The normalized spacial score (nSPS) is 25.0. The summed E-state index contributed by atoms with van der Waals surface area (Å²) in [7, 11) is 0. The van der Waals surface area contributed by atoms with Crippen molar-refractivity contribution < 1.29 is 9.53 Å². The van der Waals surface area contributed by atoms with Crippen molar-refractivity contribution in [2.75, 3.05) is 19.6 Å². The number of hydrogen-bond donors (Lipinski definition) is 0. The van der Waals surface area contributed by atoms with E-state index in [0.29, 0.717) is 13.0 Å². The van der Waals surface area contributed by atoms with Crippen LogP contribution in [0.5, 0.6) is 0 Å². The molecule has 1 aromatic carbocycles. The number of ether oxygens (including phenoxy) is 1. The number of rotatable bonds is 4. The van der Waals surface area contributed by atoms with Crippen LogP contribution in [0.3, 0.4) is 0 Å². The maximum Gasteiger partial charge on any atom is 0.151 e. The Morgan fingerprint density at radius 2 is 1.83 bits per heavy atom. The summed E-state index contributed by atoms with van der Waals surface area (Å²) in [6.45, 7) is 6.36. The fraction of sp³-hybridized carbons (Fsp3) is 0.533. The smallest absolute Gasteiger partial charge is 0.151 e. The molecule has 0 aliphatic carbocycles. The van der Waals surface area contributed by atoms with E-state index >= 15 is 0 Å². The van der Waals surface area contributed by atoms with E-state index < -0.39 is 0 Å². The molecule has 1 fully saturated rings. The van der Waals surface area contributed by atoms with Crippen LogP contribution in [-0.2, 0) is 16.0 Å². The van der Waals surface area contributed by atoms with Crippen LogP contribution in [0.15, 0.2) is 30.3 Å². The summed E-state index contributed by atoms with van der Waals surface area (Å²) in [5, 5.41) is 0. The molecule has 1 aromatic rings. The number of hydrogen-bond acceptors (Lipinski definition) is 3. The van der Waals surface area contributed by atoms with E-state index in [1.807, 2.05) is 30.3 Å². The Kier molecular flexibility index (Phi) is 4.50. The molecule has 0 saturated carbocycles. The summed E-state index contributed by atoms with van der Waals surface area (Å²) in [4.78, 5) is 14.2. The van der Waals surface area contributed by atoms with Crippen LogP contribution in [0.4, 0.5) is 0 Å². The van der Waals surface area contributed by atoms with E-state index in [1.165, 1.54) is 0 Å². The third-order valence-corrected chi connectivity index (χ3v) is 3.14. The van der Waals surface area contributed by atoms with Gasteiger partial charge in [-0.3, -0.25) is 9.69 Å². The highest BCUT2D eigenvalue weighted by molar-refractivity contribution is 5.82. The van der Waals surface area contributed by atoms with E-state index in [-0.39, 0.29) is 18.0 Å². The molecule has 0 amide bonds.